The van der Waals surface area contributed by atoms with E-state index in [0.29, 0.717) is 0 Å². The number of benzene rings is 1. The first kappa shape index (κ1) is 16.8. The largest absolute Gasteiger partial charge is 0.355 e. The average Bonchev–Trinajstić information content (AvgIpc) is 3.20. The molecule has 1 unspecified atom stereocenters. The van der Waals surface area contributed by atoms with Gasteiger partial charge in [-0.2, -0.15) is 5.10 Å². The van der Waals surface area contributed by atoms with Gasteiger partial charge in [-0.15, -0.1) is 11.3 Å². The smallest absolute Gasteiger partial charge is 0.319 e. The Bertz CT molecular complexity index is 933. The lowest BCUT2D eigenvalue weighted by atomic mass is 10.1. The highest BCUT2D eigenvalue weighted by atomic mass is 32.1. The molecule has 2 amide bonds. The number of aromatic nitrogens is 3. The van der Waals surface area contributed by atoms with Gasteiger partial charge in [-0.05, 0) is 38.0 Å². The fourth-order valence-electron chi connectivity index (χ4n) is 3.48. The van der Waals surface area contributed by atoms with Crippen molar-refractivity contribution in [2.75, 3.05) is 23.3 Å². The summed E-state index contributed by atoms with van der Waals surface area (Å²) in [6.45, 7) is 3.78. The predicted molar refractivity (Wildman–Crippen MR) is 105 cm³/mol. The third-order valence-electron chi connectivity index (χ3n) is 4.65. The molecule has 1 atom stereocenters. The van der Waals surface area contributed by atoms with Crippen LogP contribution in [0.5, 0.6) is 0 Å². The lowest BCUT2D eigenvalue weighted by Gasteiger charge is -2.34. The molecule has 0 saturated carbocycles. The van der Waals surface area contributed by atoms with Gasteiger partial charge in [0.15, 0.2) is 0 Å². The topological polar surface area (TPSA) is 75.1 Å². The molecule has 1 aliphatic heterocycles. The van der Waals surface area contributed by atoms with Crippen LogP contribution in [0.1, 0.15) is 18.5 Å². The van der Waals surface area contributed by atoms with Gasteiger partial charge in [0.1, 0.15) is 5.82 Å². The molecule has 1 aliphatic rings. The maximum Gasteiger partial charge on any atom is 0.319 e. The van der Waals surface area contributed by atoms with Gasteiger partial charge < -0.3 is 15.5 Å². The quantitative estimate of drug-likeness (QED) is 0.743. The van der Waals surface area contributed by atoms with Gasteiger partial charge in [-0.25, -0.2) is 9.78 Å². The number of nitrogens with zero attached hydrogens (tertiary/aromatic N) is 4. The van der Waals surface area contributed by atoms with E-state index in [1.54, 1.807) is 11.3 Å². The molecule has 8 heteroatoms. The molecule has 1 saturated heterocycles. The number of carbonyl (C=O) groups is 1. The minimum Gasteiger partial charge on any atom is -0.355 e. The van der Waals surface area contributed by atoms with Crippen molar-refractivity contribution in [2.45, 2.75) is 25.8 Å². The summed E-state index contributed by atoms with van der Waals surface area (Å²) >= 11 is 1.57. The number of thiazole rings is 1. The minimum absolute atomic E-state index is 0.117. The van der Waals surface area contributed by atoms with Crippen molar-refractivity contribution in [1.82, 2.24) is 20.1 Å². The Hall–Kier alpha value is -2.61. The van der Waals surface area contributed by atoms with Crippen LogP contribution in [-0.4, -0.2) is 39.9 Å². The molecular weight excluding hydrogens is 348 g/mol. The molecule has 3 aromatic rings. The molecule has 2 N–H and O–H groups in total. The van der Waals surface area contributed by atoms with Crippen molar-refractivity contribution in [2.24, 2.45) is 7.05 Å². The Balaban J connectivity index is 1.38. The van der Waals surface area contributed by atoms with Crippen LogP contribution >= 0.6 is 11.3 Å². The van der Waals surface area contributed by atoms with Crippen molar-refractivity contribution in [3.8, 4) is 0 Å². The first-order valence-corrected chi connectivity index (χ1v) is 9.63. The highest BCUT2D eigenvalue weighted by molar-refractivity contribution is 7.16. The number of fused-ring (bicyclic) bond motifs is 1. The van der Waals surface area contributed by atoms with E-state index in [9.17, 15) is 4.79 Å². The van der Waals surface area contributed by atoms with Gasteiger partial charge >= 0.3 is 6.03 Å². The van der Waals surface area contributed by atoms with Crippen LogP contribution in [0.4, 0.5) is 16.3 Å². The minimum atomic E-state index is -0.165. The normalized spacial score (nSPS) is 17.5. The van der Waals surface area contributed by atoms with Crippen LogP contribution in [0.25, 0.3) is 10.2 Å². The maximum atomic E-state index is 12.4. The number of hydrogen-bond acceptors (Lipinski definition) is 5. The summed E-state index contributed by atoms with van der Waals surface area (Å²) in [5.41, 5.74) is 4.56. The number of anilines is 2. The number of aryl methyl sites for hydroxylation is 2. The van der Waals surface area contributed by atoms with Gasteiger partial charge in [-0.1, -0.05) is 0 Å². The van der Waals surface area contributed by atoms with E-state index in [0.717, 1.165) is 53.3 Å². The van der Waals surface area contributed by atoms with Crippen LogP contribution in [-0.2, 0) is 7.05 Å². The standard InChI is InChI=1S/C18H22N6OS/c1-12-8-17(23(2)22-12)24-7-3-4-14(10-24)21-18(25)20-13-5-6-15-16(9-13)26-11-19-15/h5-6,8-9,11,14H,3-4,7,10H2,1-2H3,(H2,20,21,25). The zero-order valence-corrected chi connectivity index (χ0v) is 15.7. The Labute approximate surface area is 156 Å². The zero-order chi connectivity index (χ0) is 18.1. The first-order valence-electron chi connectivity index (χ1n) is 8.75. The summed E-state index contributed by atoms with van der Waals surface area (Å²) < 4.78 is 2.97. The fourth-order valence-corrected chi connectivity index (χ4v) is 4.20. The molecule has 2 aromatic heterocycles. The van der Waals surface area contributed by atoms with Crippen molar-refractivity contribution in [3.05, 3.63) is 35.5 Å². The molecule has 7 nitrogen and oxygen atoms in total. The Morgan fingerprint density at radius 3 is 3.04 bits per heavy atom. The van der Waals surface area contributed by atoms with E-state index in [2.05, 4.69) is 31.7 Å². The molecule has 4 rings (SSSR count). The summed E-state index contributed by atoms with van der Waals surface area (Å²) in [6.07, 6.45) is 2.02. The van der Waals surface area contributed by atoms with E-state index in [1.165, 1.54) is 0 Å². The zero-order valence-electron chi connectivity index (χ0n) is 14.9. The summed E-state index contributed by atoms with van der Waals surface area (Å²) in [5.74, 6) is 1.10. The van der Waals surface area contributed by atoms with E-state index in [1.807, 2.05) is 42.4 Å². The van der Waals surface area contributed by atoms with E-state index < -0.39 is 0 Å². The average molecular weight is 370 g/mol. The Morgan fingerprint density at radius 2 is 2.23 bits per heavy atom. The fraction of sp³-hybridized carbons (Fsp3) is 0.389. The monoisotopic (exact) mass is 370 g/mol. The number of piperidine rings is 1. The van der Waals surface area contributed by atoms with Crippen LogP contribution in [0.3, 0.4) is 0 Å². The van der Waals surface area contributed by atoms with Crippen molar-refractivity contribution in [1.29, 1.82) is 0 Å². The van der Waals surface area contributed by atoms with E-state index in [4.69, 9.17) is 0 Å². The summed E-state index contributed by atoms with van der Waals surface area (Å²) in [7, 11) is 1.96. The number of urea groups is 1. The lowest BCUT2D eigenvalue weighted by Crippen LogP contribution is -2.49. The third-order valence-corrected chi connectivity index (χ3v) is 5.44. The number of nitrogens with one attached hydrogen (secondary N) is 2. The summed E-state index contributed by atoms with van der Waals surface area (Å²) in [6, 6.07) is 7.81. The summed E-state index contributed by atoms with van der Waals surface area (Å²) in [4.78, 5) is 18.9. The van der Waals surface area contributed by atoms with Crippen molar-refractivity contribution in [3.63, 3.8) is 0 Å². The highest BCUT2D eigenvalue weighted by Crippen LogP contribution is 2.22. The summed E-state index contributed by atoms with van der Waals surface area (Å²) in [5, 5.41) is 10.5. The molecule has 3 heterocycles. The SMILES string of the molecule is Cc1cc(N2CCCC(NC(=O)Nc3ccc4ncsc4c3)C2)n(C)n1. The van der Waals surface area contributed by atoms with E-state index >= 15 is 0 Å². The molecule has 136 valence electrons. The van der Waals surface area contributed by atoms with Crippen molar-refractivity contribution < 1.29 is 4.79 Å². The Morgan fingerprint density at radius 1 is 1.35 bits per heavy atom. The number of amides is 2. The van der Waals surface area contributed by atoms with Gasteiger partial charge in [0.2, 0.25) is 0 Å². The molecule has 1 fully saturated rings. The number of rotatable bonds is 3. The van der Waals surface area contributed by atoms with Crippen LogP contribution in [0.2, 0.25) is 0 Å². The van der Waals surface area contributed by atoms with Gasteiger partial charge in [0.05, 0.1) is 21.4 Å². The molecular formula is C18H22N6OS. The van der Waals surface area contributed by atoms with Gasteiger partial charge in [0, 0.05) is 37.9 Å². The van der Waals surface area contributed by atoms with Gasteiger partial charge in [0.25, 0.3) is 0 Å². The molecule has 1 aromatic carbocycles. The second-order valence-electron chi connectivity index (χ2n) is 6.69. The van der Waals surface area contributed by atoms with Crippen LogP contribution in [0.15, 0.2) is 29.8 Å². The Kier molecular flexibility index (Phi) is 4.50. The second-order valence-corrected chi connectivity index (χ2v) is 7.57. The molecule has 0 spiro atoms. The van der Waals surface area contributed by atoms with Crippen molar-refractivity contribution >= 4 is 39.1 Å². The van der Waals surface area contributed by atoms with Crippen LogP contribution in [0, 0.1) is 6.92 Å². The lowest BCUT2D eigenvalue weighted by molar-refractivity contribution is 0.246. The molecule has 26 heavy (non-hydrogen) atoms. The number of hydrogen-bond donors (Lipinski definition) is 2. The molecule has 0 aliphatic carbocycles. The maximum absolute atomic E-state index is 12.4. The first-order chi connectivity index (χ1) is 12.6. The van der Waals surface area contributed by atoms with Gasteiger partial charge in [-0.3, -0.25) is 4.68 Å². The second kappa shape index (κ2) is 6.95. The number of carbonyl (C=O) groups excluding carboxylic acids is 1. The third kappa shape index (κ3) is 3.50. The molecule has 0 radical (unpaired) electrons. The predicted octanol–water partition coefficient (Wildman–Crippen LogP) is 3.13. The van der Waals surface area contributed by atoms with E-state index in [-0.39, 0.29) is 12.1 Å². The molecule has 0 bridgehead atoms. The van der Waals surface area contributed by atoms with Crippen LogP contribution < -0.4 is 15.5 Å². The highest BCUT2D eigenvalue weighted by Gasteiger charge is 2.23.